The summed E-state index contributed by atoms with van der Waals surface area (Å²) in [7, 11) is 0. The standard InChI is InChI=1S/C13H21NO/c1-9(2)8-15-13-6-11(5)12(7-14-13)10(3)4/h6-7,9-10H,8H2,1-5H3. The van der Waals surface area contributed by atoms with E-state index in [9.17, 15) is 0 Å². The highest BCUT2D eigenvalue weighted by Crippen LogP contribution is 2.21. The van der Waals surface area contributed by atoms with Crippen LogP contribution in [-0.2, 0) is 0 Å². The number of rotatable bonds is 4. The first kappa shape index (κ1) is 12.0. The van der Waals surface area contributed by atoms with Gasteiger partial charge in [-0.15, -0.1) is 0 Å². The largest absolute Gasteiger partial charge is 0.477 e. The normalized spacial score (nSPS) is 11.1. The van der Waals surface area contributed by atoms with Crippen molar-refractivity contribution in [3.63, 3.8) is 0 Å². The third-order valence-corrected chi connectivity index (χ3v) is 2.31. The smallest absolute Gasteiger partial charge is 0.213 e. The molecular formula is C13H21NO. The topological polar surface area (TPSA) is 22.1 Å². The quantitative estimate of drug-likeness (QED) is 0.753. The zero-order valence-corrected chi connectivity index (χ0v) is 10.4. The van der Waals surface area contributed by atoms with Crippen LogP contribution in [0.1, 0.15) is 44.7 Å². The summed E-state index contributed by atoms with van der Waals surface area (Å²) in [6.07, 6.45) is 1.93. The van der Waals surface area contributed by atoms with Gasteiger partial charge in [0.15, 0.2) is 0 Å². The van der Waals surface area contributed by atoms with Crippen LogP contribution in [0.2, 0.25) is 0 Å². The molecule has 0 bridgehead atoms. The van der Waals surface area contributed by atoms with Crippen molar-refractivity contribution in [1.29, 1.82) is 0 Å². The Kier molecular flexibility index (Phi) is 4.13. The Labute approximate surface area is 92.7 Å². The lowest BCUT2D eigenvalue weighted by Gasteiger charge is -2.12. The van der Waals surface area contributed by atoms with E-state index in [0.29, 0.717) is 11.8 Å². The molecule has 1 rings (SSSR count). The molecule has 0 radical (unpaired) electrons. The summed E-state index contributed by atoms with van der Waals surface area (Å²) in [5.74, 6) is 1.80. The van der Waals surface area contributed by atoms with Gasteiger partial charge in [-0.2, -0.15) is 0 Å². The third kappa shape index (κ3) is 3.54. The van der Waals surface area contributed by atoms with Gasteiger partial charge in [0.05, 0.1) is 6.61 Å². The lowest BCUT2D eigenvalue weighted by molar-refractivity contribution is 0.261. The van der Waals surface area contributed by atoms with Crippen molar-refractivity contribution in [2.75, 3.05) is 6.61 Å². The molecular weight excluding hydrogens is 186 g/mol. The van der Waals surface area contributed by atoms with Crippen LogP contribution in [0.15, 0.2) is 12.3 Å². The fourth-order valence-corrected chi connectivity index (χ4v) is 1.48. The zero-order chi connectivity index (χ0) is 11.4. The highest BCUT2D eigenvalue weighted by atomic mass is 16.5. The number of ether oxygens (including phenoxy) is 1. The summed E-state index contributed by atoms with van der Waals surface area (Å²) in [6.45, 7) is 11.5. The molecule has 0 N–H and O–H groups in total. The second kappa shape index (κ2) is 5.15. The van der Waals surface area contributed by atoms with Gasteiger partial charge in [0.2, 0.25) is 5.88 Å². The Morgan fingerprint density at radius 1 is 1.27 bits per heavy atom. The number of hydrogen-bond acceptors (Lipinski definition) is 2. The van der Waals surface area contributed by atoms with E-state index in [4.69, 9.17) is 4.74 Å². The maximum absolute atomic E-state index is 5.57. The average molecular weight is 207 g/mol. The van der Waals surface area contributed by atoms with Gasteiger partial charge in [-0.1, -0.05) is 27.7 Å². The minimum absolute atomic E-state index is 0.525. The minimum atomic E-state index is 0.525. The third-order valence-electron chi connectivity index (χ3n) is 2.31. The van der Waals surface area contributed by atoms with Crippen molar-refractivity contribution in [3.8, 4) is 5.88 Å². The molecule has 0 aliphatic carbocycles. The minimum Gasteiger partial charge on any atom is -0.477 e. The molecule has 0 aliphatic rings. The monoisotopic (exact) mass is 207 g/mol. The lowest BCUT2D eigenvalue weighted by Crippen LogP contribution is -2.06. The molecule has 0 saturated heterocycles. The molecule has 0 saturated carbocycles. The number of nitrogens with zero attached hydrogens (tertiary/aromatic N) is 1. The molecule has 15 heavy (non-hydrogen) atoms. The van der Waals surface area contributed by atoms with Gasteiger partial charge < -0.3 is 4.74 Å². The van der Waals surface area contributed by atoms with E-state index >= 15 is 0 Å². The van der Waals surface area contributed by atoms with E-state index in [1.54, 1.807) is 0 Å². The summed E-state index contributed by atoms with van der Waals surface area (Å²) in [4.78, 5) is 4.31. The highest BCUT2D eigenvalue weighted by Gasteiger charge is 2.06. The summed E-state index contributed by atoms with van der Waals surface area (Å²) in [5, 5.41) is 0. The molecule has 0 fully saturated rings. The Balaban J connectivity index is 2.73. The highest BCUT2D eigenvalue weighted by molar-refractivity contribution is 5.30. The van der Waals surface area contributed by atoms with Gasteiger partial charge >= 0.3 is 0 Å². The molecule has 0 unspecified atom stereocenters. The molecule has 2 heteroatoms. The van der Waals surface area contributed by atoms with Crippen molar-refractivity contribution < 1.29 is 4.74 Å². The molecule has 0 aliphatic heterocycles. The Morgan fingerprint density at radius 3 is 2.40 bits per heavy atom. The van der Waals surface area contributed by atoms with Crippen molar-refractivity contribution in [2.24, 2.45) is 5.92 Å². The van der Waals surface area contributed by atoms with Crippen molar-refractivity contribution >= 4 is 0 Å². The molecule has 0 atom stereocenters. The van der Waals surface area contributed by atoms with Gasteiger partial charge in [-0.3, -0.25) is 0 Å². The van der Waals surface area contributed by atoms with Gasteiger partial charge in [-0.05, 0) is 29.9 Å². The molecule has 84 valence electrons. The van der Waals surface area contributed by atoms with Crippen LogP contribution < -0.4 is 4.74 Å². The van der Waals surface area contributed by atoms with Crippen LogP contribution in [0.5, 0.6) is 5.88 Å². The second-order valence-electron chi connectivity index (χ2n) is 4.74. The first-order chi connectivity index (χ1) is 7.00. The van der Waals surface area contributed by atoms with E-state index in [-0.39, 0.29) is 0 Å². The van der Waals surface area contributed by atoms with Crippen molar-refractivity contribution in [1.82, 2.24) is 4.98 Å². The molecule has 0 amide bonds. The zero-order valence-electron chi connectivity index (χ0n) is 10.4. The molecule has 2 nitrogen and oxygen atoms in total. The fourth-order valence-electron chi connectivity index (χ4n) is 1.48. The number of aryl methyl sites for hydroxylation is 1. The Morgan fingerprint density at radius 2 is 1.93 bits per heavy atom. The molecule has 1 heterocycles. The Bertz CT molecular complexity index is 318. The van der Waals surface area contributed by atoms with E-state index < -0.39 is 0 Å². The molecule has 1 aromatic heterocycles. The van der Waals surface area contributed by atoms with Crippen LogP contribution in [-0.4, -0.2) is 11.6 Å². The van der Waals surface area contributed by atoms with Crippen molar-refractivity contribution in [2.45, 2.75) is 40.5 Å². The van der Waals surface area contributed by atoms with Crippen LogP contribution in [0.4, 0.5) is 0 Å². The van der Waals surface area contributed by atoms with E-state index in [1.807, 2.05) is 12.3 Å². The van der Waals surface area contributed by atoms with Crippen LogP contribution in [0.25, 0.3) is 0 Å². The van der Waals surface area contributed by atoms with E-state index in [1.165, 1.54) is 11.1 Å². The SMILES string of the molecule is Cc1cc(OCC(C)C)ncc1C(C)C. The van der Waals surface area contributed by atoms with Gasteiger partial charge in [0.25, 0.3) is 0 Å². The predicted molar refractivity (Wildman–Crippen MR) is 63.4 cm³/mol. The van der Waals surface area contributed by atoms with Gasteiger partial charge in [0, 0.05) is 12.3 Å². The van der Waals surface area contributed by atoms with Crippen LogP contribution in [0.3, 0.4) is 0 Å². The first-order valence-electron chi connectivity index (χ1n) is 5.60. The van der Waals surface area contributed by atoms with Gasteiger partial charge in [0.1, 0.15) is 0 Å². The number of hydrogen-bond donors (Lipinski definition) is 0. The fraction of sp³-hybridized carbons (Fsp3) is 0.615. The van der Waals surface area contributed by atoms with Crippen molar-refractivity contribution in [3.05, 3.63) is 23.4 Å². The average Bonchev–Trinajstić information content (AvgIpc) is 2.14. The van der Waals surface area contributed by atoms with Crippen LogP contribution in [0, 0.1) is 12.8 Å². The summed E-state index contributed by atoms with van der Waals surface area (Å²) >= 11 is 0. The molecule has 0 spiro atoms. The van der Waals surface area contributed by atoms with Gasteiger partial charge in [-0.25, -0.2) is 4.98 Å². The summed E-state index contributed by atoms with van der Waals surface area (Å²) < 4.78 is 5.57. The second-order valence-corrected chi connectivity index (χ2v) is 4.74. The number of aromatic nitrogens is 1. The van der Waals surface area contributed by atoms with E-state index in [2.05, 4.69) is 39.6 Å². The van der Waals surface area contributed by atoms with E-state index in [0.717, 1.165) is 12.5 Å². The number of pyridine rings is 1. The van der Waals surface area contributed by atoms with Crippen LogP contribution >= 0.6 is 0 Å². The summed E-state index contributed by atoms with van der Waals surface area (Å²) in [6, 6.07) is 2.03. The lowest BCUT2D eigenvalue weighted by atomic mass is 10.0. The first-order valence-corrected chi connectivity index (χ1v) is 5.60. The summed E-state index contributed by atoms with van der Waals surface area (Å²) in [5.41, 5.74) is 2.56. The predicted octanol–water partition coefficient (Wildman–Crippen LogP) is 3.55. The molecule has 0 aromatic carbocycles. The maximum atomic E-state index is 5.57. The maximum Gasteiger partial charge on any atom is 0.213 e. The Hall–Kier alpha value is -1.05. The molecule has 1 aromatic rings.